The normalized spacial score (nSPS) is 10.0. The van der Waals surface area contributed by atoms with E-state index in [1.54, 1.807) is 19.3 Å². The summed E-state index contributed by atoms with van der Waals surface area (Å²) in [5.74, 6) is 1.21. The Hall–Kier alpha value is -3.27. The second-order valence-corrected chi connectivity index (χ2v) is 4.90. The Labute approximate surface area is 140 Å². The van der Waals surface area contributed by atoms with Crippen LogP contribution >= 0.6 is 0 Å². The van der Waals surface area contributed by atoms with E-state index in [-0.39, 0.29) is 17.3 Å². The maximum Gasteiger partial charge on any atom is 0.222 e. The van der Waals surface area contributed by atoms with Gasteiger partial charge >= 0.3 is 0 Å². The molecule has 0 saturated heterocycles. The van der Waals surface area contributed by atoms with E-state index in [9.17, 15) is 5.26 Å². The SMILES string of the molecule is C=CCc1cc(-c2nc(N)nc(N)c2C#N)cc(OCC)c1OC. The lowest BCUT2D eigenvalue weighted by atomic mass is 10.0. The molecule has 124 valence electrons. The monoisotopic (exact) mass is 325 g/mol. The molecule has 2 rings (SSSR count). The van der Waals surface area contributed by atoms with Crippen LogP contribution in [0.4, 0.5) is 11.8 Å². The summed E-state index contributed by atoms with van der Waals surface area (Å²) < 4.78 is 11.1. The summed E-state index contributed by atoms with van der Waals surface area (Å²) >= 11 is 0. The first-order valence-corrected chi connectivity index (χ1v) is 7.33. The zero-order chi connectivity index (χ0) is 17.7. The number of nitrogens with zero attached hydrogens (tertiary/aromatic N) is 3. The molecule has 0 aliphatic rings. The molecule has 0 spiro atoms. The Kier molecular flexibility index (Phi) is 5.22. The highest BCUT2D eigenvalue weighted by Gasteiger charge is 2.18. The number of nitrogen functional groups attached to an aromatic ring is 2. The third-order valence-electron chi connectivity index (χ3n) is 3.34. The predicted octanol–water partition coefficient (Wildman–Crippen LogP) is 2.32. The molecule has 1 aromatic carbocycles. The average molecular weight is 325 g/mol. The van der Waals surface area contributed by atoms with Crippen LogP contribution in [-0.2, 0) is 6.42 Å². The lowest BCUT2D eigenvalue weighted by Gasteiger charge is -2.16. The lowest BCUT2D eigenvalue weighted by molar-refractivity contribution is 0.309. The van der Waals surface area contributed by atoms with Gasteiger partial charge in [0.2, 0.25) is 5.95 Å². The zero-order valence-electron chi connectivity index (χ0n) is 13.7. The van der Waals surface area contributed by atoms with Crippen molar-refractivity contribution in [1.29, 1.82) is 5.26 Å². The average Bonchev–Trinajstić information content (AvgIpc) is 2.54. The third kappa shape index (κ3) is 3.22. The molecule has 0 aliphatic heterocycles. The van der Waals surface area contributed by atoms with Crippen LogP contribution in [0, 0.1) is 11.3 Å². The Morgan fingerprint density at radius 3 is 2.67 bits per heavy atom. The van der Waals surface area contributed by atoms with Crippen molar-refractivity contribution in [2.45, 2.75) is 13.3 Å². The van der Waals surface area contributed by atoms with Crippen LogP contribution in [0.1, 0.15) is 18.1 Å². The topological polar surface area (TPSA) is 120 Å². The van der Waals surface area contributed by atoms with Gasteiger partial charge in [-0.3, -0.25) is 0 Å². The van der Waals surface area contributed by atoms with Crippen LogP contribution in [0.25, 0.3) is 11.3 Å². The highest BCUT2D eigenvalue weighted by Crippen LogP contribution is 2.38. The molecule has 0 bridgehead atoms. The second kappa shape index (κ2) is 7.33. The molecule has 0 unspecified atom stereocenters. The van der Waals surface area contributed by atoms with Gasteiger partial charge in [0.15, 0.2) is 11.5 Å². The van der Waals surface area contributed by atoms with Gasteiger partial charge in [0.1, 0.15) is 17.5 Å². The van der Waals surface area contributed by atoms with Gasteiger partial charge in [0.25, 0.3) is 0 Å². The van der Waals surface area contributed by atoms with Crippen LogP contribution in [0.2, 0.25) is 0 Å². The maximum atomic E-state index is 9.37. The van der Waals surface area contributed by atoms with Crippen molar-refractivity contribution in [2.75, 3.05) is 25.2 Å². The Bertz CT molecular complexity index is 812. The Morgan fingerprint density at radius 1 is 1.33 bits per heavy atom. The van der Waals surface area contributed by atoms with Crippen molar-refractivity contribution in [3.8, 4) is 28.8 Å². The zero-order valence-corrected chi connectivity index (χ0v) is 13.7. The quantitative estimate of drug-likeness (QED) is 0.782. The summed E-state index contributed by atoms with van der Waals surface area (Å²) in [6, 6.07) is 5.62. The van der Waals surface area contributed by atoms with Crippen molar-refractivity contribution in [1.82, 2.24) is 9.97 Å². The van der Waals surface area contributed by atoms with Crippen molar-refractivity contribution in [3.05, 3.63) is 35.9 Å². The van der Waals surface area contributed by atoms with E-state index in [4.69, 9.17) is 20.9 Å². The number of ether oxygens (including phenoxy) is 2. The van der Waals surface area contributed by atoms with Crippen molar-refractivity contribution in [2.24, 2.45) is 0 Å². The van der Waals surface area contributed by atoms with Crippen molar-refractivity contribution in [3.63, 3.8) is 0 Å². The number of nitrogens with two attached hydrogens (primary N) is 2. The number of hydrogen-bond acceptors (Lipinski definition) is 7. The number of benzene rings is 1. The summed E-state index contributed by atoms with van der Waals surface area (Å²) in [4.78, 5) is 8.01. The molecule has 1 heterocycles. The first-order valence-electron chi connectivity index (χ1n) is 7.33. The largest absolute Gasteiger partial charge is 0.493 e. The maximum absolute atomic E-state index is 9.37. The van der Waals surface area contributed by atoms with Gasteiger partial charge in [-0.1, -0.05) is 6.08 Å². The molecule has 4 N–H and O–H groups in total. The van der Waals surface area contributed by atoms with Gasteiger partial charge in [0, 0.05) is 11.1 Å². The number of nitriles is 1. The van der Waals surface area contributed by atoms with Crippen LogP contribution in [0.5, 0.6) is 11.5 Å². The molecule has 0 radical (unpaired) electrons. The molecule has 7 nitrogen and oxygen atoms in total. The smallest absolute Gasteiger partial charge is 0.222 e. The van der Waals surface area contributed by atoms with Crippen LogP contribution in [0.15, 0.2) is 24.8 Å². The fourth-order valence-corrected chi connectivity index (χ4v) is 2.41. The van der Waals surface area contributed by atoms with Gasteiger partial charge in [-0.25, -0.2) is 4.98 Å². The van der Waals surface area contributed by atoms with Gasteiger partial charge in [0.05, 0.1) is 19.4 Å². The Morgan fingerprint density at radius 2 is 2.08 bits per heavy atom. The molecule has 0 saturated carbocycles. The minimum absolute atomic E-state index is 0.000508. The van der Waals surface area contributed by atoms with Gasteiger partial charge in [-0.15, -0.1) is 6.58 Å². The summed E-state index contributed by atoms with van der Waals surface area (Å²) in [7, 11) is 1.57. The lowest BCUT2D eigenvalue weighted by Crippen LogP contribution is -2.06. The number of allylic oxidation sites excluding steroid dienone is 1. The minimum Gasteiger partial charge on any atom is -0.493 e. The molecular weight excluding hydrogens is 306 g/mol. The fraction of sp³-hybridized carbons (Fsp3) is 0.235. The summed E-state index contributed by atoms with van der Waals surface area (Å²) in [5, 5.41) is 9.37. The number of methoxy groups -OCH3 is 1. The molecule has 7 heteroatoms. The highest BCUT2D eigenvalue weighted by molar-refractivity contribution is 5.75. The van der Waals surface area contributed by atoms with E-state index in [1.165, 1.54) is 0 Å². The summed E-state index contributed by atoms with van der Waals surface area (Å²) in [6.45, 7) is 6.10. The van der Waals surface area contributed by atoms with Gasteiger partial charge in [-0.2, -0.15) is 10.2 Å². The first kappa shape index (κ1) is 17.1. The minimum atomic E-state index is 0.000508. The molecule has 2 aromatic rings. The number of hydrogen-bond donors (Lipinski definition) is 2. The summed E-state index contributed by atoms with van der Waals surface area (Å²) in [5.41, 5.74) is 13.5. The van der Waals surface area contributed by atoms with E-state index >= 15 is 0 Å². The van der Waals surface area contributed by atoms with E-state index in [0.717, 1.165) is 5.56 Å². The van der Waals surface area contributed by atoms with Gasteiger partial charge in [-0.05, 0) is 25.5 Å². The first-order chi connectivity index (χ1) is 11.5. The van der Waals surface area contributed by atoms with Gasteiger partial charge < -0.3 is 20.9 Å². The molecule has 0 fully saturated rings. The molecule has 0 aliphatic carbocycles. The third-order valence-corrected chi connectivity index (χ3v) is 3.34. The molecular formula is C17H19N5O2. The molecule has 0 atom stereocenters. The number of anilines is 2. The number of aromatic nitrogens is 2. The van der Waals surface area contributed by atoms with Crippen LogP contribution < -0.4 is 20.9 Å². The second-order valence-electron chi connectivity index (χ2n) is 4.90. The van der Waals surface area contributed by atoms with Crippen LogP contribution in [0.3, 0.4) is 0 Å². The van der Waals surface area contributed by atoms with Crippen molar-refractivity contribution < 1.29 is 9.47 Å². The fourth-order valence-electron chi connectivity index (χ4n) is 2.41. The molecule has 1 aromatic heterocycles. The Balaban J connectivity index is 2.76. The predicted molar refractivity (Wildman–Crippen MR) is 92.6 cm³/mol. The van der Waals surface area contributed by atoms with E-state index in [2.05, 4.69) is 16.5 Å². The summed E-state index contributed by atoms with van der Waals surface area (Å²) in [6.07, 6.45) is 2.32. The standard InChI is InChI=1S/C17H19N5O2/c1-4-6-10-7-11(8-13(24-5-2)15(10)23-3)14-12(9-18)16(19)22-17(20)21-14/h4,7-8H,1,5-6H2,2-3H3,(H4,19,20,21,22). The number of rotatable bonds is 6. The highest BCUT2D eigenvalue weighted by atomic mass is 16.5. The van der Waals surface area contributed by atoms with E-state index in [1.807, 2.05) is 19.1 Å². The van der Waals surface area contributed by atoms with E-state index < -0.39 is 0 Å². The van der Waals surface area contributed by atoms with Crippen LogP contribution in [-0.4, -0.2) is 23.7 Å². The molecule has 24 heavy (non-hydrogen) atoms. The van der Waals surface area contributed by atoms with E-state index in [0.29, 0.717) is 35.8 Å². The molecule has 0 amide bonds. The van der Waals surface area contributed by atoms with Crippen molar-refractivity contribution >= 4 is 11.8 Å².